The molecule has 2 fully saturated rings. The fourth-order valence-electron chi connectivity index (χ4n) is 8.22. The fourth-order valence-corrected chi connectivity index (χ4v) is 12.3. The number of aromatic nitrogens is 3. The van der Waals surface area contributed by atoms with Gasteiger partial charge in [-0.1, -0.05) is 72.9 Å². The number of aliphatic hydroxyl groups excluding tert-OH is 1. The van der Waals surface area contributed by atoms with E-state index in [0.717, 1.165) is 40.5 Å². The van der Waals surface area contributed by atoms with Crippen molar-refractivity contribution in [3.63, 3.8) is 0 Å². The minimum Gasteiger partial charge on any atom is -0.497 e. The molecule has 2 amide bonds. The van der Waals surface area contributed by atoms with Gasteiger partial charge >= 0.3 is 0 Å². The van der Waals surface area contributed by atoms with Gasteiger partial charge in [0, 0.05) is 55.9 Å². The molecule has 0 radical (unpaired) electrons. The summed E-state index contributed by atoms with van der Waals surface area (Å²) in [6, 6.07) is 24.4. The molecule has 10 nitrogen and oxygen atoms in total. The van der Waals surface area contributed by atoms with Crippen LogP contribution >= 0.6 is 0 Å². The van der Waals surface area contributed by atoms with E-state index in [9.17, 15) is 9.90 Å². The van der Waals surface area contributed by atoms with E-state index in [1.807, 2.05) is 70.4 Å². The fraction of sp³-hybridized carbons (Fsp3) is 0.405. The highest BCUT2D eigenvalue weighted by Gasteiger charge is 2.66. The number of para-hydroxylation sites is 1. The lowest BCUT2D eigenvalue weighted by Gasteiger charge is -2.37. The van der Waals surface area contributed by atoms with Gasteiger partial charge in [-0.15, -0.1) is 5.10 Å². The molecule has 11 heteroatoms. The van der Waals surface area contributed by atoms with E-state index >= 15 is 4.79 Å². The van der Waals surface area contributed by atoms with Crippen LogP contribution in [0.4, 0.5) is 11.4 Å². The van der Waals surface area contributed by atoms with Crippen molar-refractivity contribution in [3.05, 3.63) is 95.8 Å². The van der Waals surface area contributed by atoms with Crippen LogP contribution in [0.5, 0.6) is 5.75 Å². The summed E-state index contributed by atoms with van der Waals surface area (Å²) < 4.78 is 14.5. The average Bonchev–Trinajstić information content (AvgIpc) is 3.73. The van der Waals surface area contributed by atoms with Crippen LogP contribution in [0, 0.1) is 5.92 Å². The van der Waals surface area contributed by atoms with Gasteiger partial charge < -0.3 is 24.4 Å². The van der Waals surface area contributed by atoms with Crippen LogP contribution in [0.15, 0.2) is 79.0 Å². The second-order valence-corrected chi connectivity index (χ2v) is 18.5. The molecular weight excluding hydrogens is 623 g/mol. The molecule has 48 heavy (non-hydrogen) atoms. The standard InChI is InChI=1S/C37H43N5O5Si/c1-25-35(48(3,4)30-14-12-29(46-2)13-15-30)33(16-19-40-24-27(18-21-43)38-39-40)47-37(25)31-10-5-6-11-32(31)42(36(37)45)23-26-8-7-9-28(22-26)41-20-17-34(41)44/h5-15,22,24-25,33,35,43H,16-21,23H2,1-4H3/t25-,33+,35-,37+/m1/s1. The third-order valence-corrected chi connectivity index (χ3v) is 15.1. The molecule has 250 valence electrons. The van der Waals surface area contributed by atoms with Crippen LogP contribution in [-0.2, 0) is 39.4 Å². The zero-order valence-electron chi connectivity index (χ0n) is 28.0. The smallest absolute Gasteiger partial charge is 0.264 e. The summed E-state index contributed by atoms with van der Waals surface area (Å²) in [4.78, 5) is 30.9. The maximum Gasteiger partial charge on any atom is 0.264 e. The Morgan fingerprint density at radius 2 is 1.85 bits per heavy atom. The number of hydrogen-bond acceptors (Lipinski definition) is 7. The van der Waals surface area contributed by atoms with Crippen molar-refractivity contribution in [1.29, 1.82) is 0 Å². The molecular formula is C37H43N5O5Si. The predicted octanol–water partition coefficient (Wildman–Crippen LogP) is 4.41. The Bertz CT molecular complexity index is 1830. The van der Waals surface area contributed by atoms with E-state index < -0.39 is 13.7 Å². The number of anilines is 2. The van der Waals surface area contributed by atoms with Gasteiger partial charge in [-0.2, -0.15) is 0 Å². The molecule has 7 rings (SSSR count). The van der Waals surface area contributed by atoms with Crippen molar-refractivity contribution in [1.82, 2.24) is 15.0 Å². The van der Waals surface area contributed by atoms with Crippen molar-refractivity contribution in [2.75, 3.05) is 30.1 Å². The lowest BCUT2D eigenvalue weighted by molar-refractivity contribution is -0.146. The Hall–Kier alpha value is -4.32. The second kappa shape index (κ2) is 12.6. The van der Waals surface area contributed by atoms with Gasteiger partial charge in [0.25, 0.3) is 5.91 Å². The molecule has 3 aliphatic rings. The molecule has 3 aromatic carbocycles. The monoisotopic (exact) mass is 665 g/mol. The molecule has 0 aliphatic carbocycles. The van der Waals surface area contributed by atoms with Gasteiger partial charge in [-0.25, -0.2) is 0 Å². The summed E-state index contributed by atoms with van der Waals surface area (Å²) >= 11 is 0. The molecule has 1 N–H and O–H groups in total. The van der Waals surface area contributed by atoms with Gasteiger partial charge in [-0.3, -0.25) is 14.3 Å². The summed E-state index contributed by atoms with van der Waals surface area (Å²) in [5.74, 6) is 0.781. The van der Waals surface area contributed by atoms with Crippen LogP contribution < -0.4 is 19.7 Å². The molecule has 2 saturated heterocycles. The van der Waals surface area contributed by atoms with E-state index in [0.29, 0.717) is 32.4 Å². The van der Waals surface area contributed by atoms with Crippen LogP contribution in [0.3, 0.4) is 0 Å². The number of carbonyl (C=O) groups excluding carboxylic acids is 2. The van der Waals surface area contributed by atoms with Gasteiger partial charge in [-0.05, 0) is 47.9 Å². The lowest BCUT2D eigenvalue weighted by atomic mass is 9.82. The summed E-state index contributed by atoms with van der Waals surface area (Å²) in [5, 5.41) is 19.2. The number of hydrogen-bond donors (Lipinski definition) is 1. The average molecular weight is 666 g/mol. The largest absolute Gasteiger partial charge is 0.497 e. The number of rotatable bonds is 11. The first-order valence-electron chi connectivity index (χ1n) is 16.8. The minimum atomic E-state index is -2.29. The molecule has 0 bridgehead atoms. The number of benzene rings is 3. The van der Waals surface area contributed by atoms with Crippen molar-refractivity contribution in [2.45, 2.75) is 69.6 Å². The lowest BCUT2D eigenvalue weighted by Crippen LogP contribution is -2.51. The molecule has 1 aromatic heterocycles. The maximum absolute atomic E-state index is 15.0. The molecule has 0 unspecified atom stereocenters. The van der Waals surface area contributed by atoms with Crippen molar-refractivity contribution < 1.29 is 24.2 Å². The number of nitrogens with zero attached hydrogens (tertiary/aromatic N) is 5. The Balaban J connectivity index is 1.25. The van der Waals surface area contributed by atoms with Gasteiger partial charge in [0.2, 0.25) is 5.91 Å². The summed E-state index contributed by atoms with van der Waals surface area (Å²) in [5.41, 5.74) is 3.32. The zero-order chi connectivity index (χ0) is 33.6. The highest BCUT2D eigenvalue weighted by atomic mass is 28.3. The van der Waals surface area contributed by atoms with Crippen LogP contribution in [-0.4, -0.2) is 66.4 Å². The Kier molecular flexibility index (Phi) is 8.47. The maximum atomic E-state index is 15.0. The molecule has 4 heterocycles. The SMILES string of the molecule is COc1ccc([Si](C)(C)[C@H]2[C@H](CCn3cc(CCO)nn3)O[C@@]3(C(=O)N(Cc4cccc(N5CCC5=O)c4)c4ccccc43)[C@@H]2C)cc1. The first kappa shape index (κ1) is 32.2. The van der Waals surface area contributed by atoms with Crippen LogP contribution in [0.2, 0.25) is 18.6 Å². The minimum absolute atomic E-state index is 0.0207. The number of aryl methyl sites for hydroxylation is 1. The zero-order valence-corrected chi connectivity index (χ0v) is 29.0. The van der Waals surface area contributed by atoms with Gasteiger partial charge in [0.15, 0.2) is 5.60 Å². The number of carbonyl (C=O) groups is 2. The number of methoxy groups -OCH3 is 1. The predicted molar refractivity (Wildman–Crippen MR) is 186 cm³/mol. The molecule has 4 aromatic rings. The third kappa shape index (κ3) is 5.34. The van der Waals surface area contributed by atoms with Crippen molar-refractivity contribution in [3.8, 4) is 5.75 Å². The normalized spacial score (nSPS) is 23.6. The van der Waals surface area contributed by atoms with E-state index in [1.54, 1.807) is 12.0 Å². The Labute approximate surface area is 282 Å². The third-order valence-electron chi connectivity index (χ3n) is 10.8. The molecule has 4 atom stereocenters. The molecule has 1 spiro atoms. The van der Waals surface area contributed by atoms with Crippen LogP contribution in [0.1, 0.15) is 36.6 Å². The van der Waals surface area contributed by atoms with E-state index in [-0.39, 0.29) is 36.0 Å². The van der Waals surface area contributed by atoms with Crippen LogP contribution in [0.25, 0.3) is 0 Å². The van der Waals surface area contributed by atoms with E-state index in [2.05, 4.69) is 48.5 Å². The summed E-state index contributed by atoms with van der Waals surface area (Å²) in [6.07, 6.45) is 3.35. The number of ether oxygens (including phenoxy) is 2. The quantitative estimate of drug-likeness (QED) is 0.187. The van der Waals surface area contributed by atoms with Crippen molar-refractivity contribution in [2.24, 2.45) is 5.92 Å². The first-order valence-corrected chi connectivity index (χ1v) is 19.9. The van der Waals surface area contributed by atoms with Crippen molar-refractivity contribution >= 4 is 36.4 Å². The Morgan fingerprint density at radius 3 is 2.56 bits per heavy atom. The number of fused-ring (bicyclic) bond motifs is 2. The number of amides is 2. The summed E-state index contributed by atoms with van der Waals surface area (Å²) in [6.45, 7) is 8.66. The first-order chi connectivity index (χ1) is 23.2. The van der Waals surface area contributed by atoms with Gasteiger partial charge in [0.05, 0.1) is 39.2 Å². The van der Waals surface area contributed by atoms with E-state index in [4.69, 9.17) is 9.47 Å². The second-order valence-electron chi connectivity index (χ2n) is 13.8. The topological polar surface area (TPSA) is 110 Å². The Morgan fingerprint density at radius 1 is 1.06 bits per heavy atom. The molecule has 0 saturated carbocycles. The highest BCUT2D eigenvalue weighted by Crippen LogP contribution is 2.60. The number of aliphatic hydroxyl groups is 1. The van der Waals surface area contributed by atoms with E-state index in [1.165, 1.54) is 5.19 Å². The molecule has 3 aliphatic heterocycles. The number of β-lactam (4-membered cyclic amide) rings is 1. The summed E-state index contributed by atoms with van der Waals surface area (Å²) in [7, 11) is -0.609. The highest BCUT2D eigenvalue weighted by molar-refractivity contribution is 6.91. The van der Waals surface area contributed by atoms with Gasteiger partial charge in [0.1, 0.15) is 5.75 Å².